The van der Waals surface area contributed by atoms with Gasteiger partial charge in [-0.05, 0) is 55.2 Å². The molecule has 0 saturated heterocycles. The minimum Gasteiger partial charge on any atom is -0.364 e. The van der Waals surface area contributed by atoms with E-state index in [1.165, 1.54) is 11.1 Å². The highest BCUT2D eigenvalue weighted by molar-refractivity contribution is 6.30. The first-order valence-corrected chi connectivity index (χ1v) is 7.06. The van der Waals surface area contributed by atoms with Gasteiger partial charge >= 0.3 is 0 Å². The summed E-state index contributed by atoms with van der Waals surface area (Å²) in [4.78, 5) is 0. The molecule has 2 aromatic rings. The van der Waals surface area contributed by atoms with Crippen molar-refractivity contribution < 1.29 is 0 Å². The summed E-state index contributed by atoms with van der Waals surface area (Å²) in [7, 11) is 0. The molecule has 20 heavy (non-hydrogen) atoms. The average molecular weight is 283 g/mol. The van der Waals surface area contributed by atoms with Gasteiger partial charge in [-0.3, -0.25) is 0 Å². The largest absolute Gasteiger partial charge is 0.364 e. The van der Waals surface area contributed by atoms with Gasteiger partial charge in [0, 0.05) is 10.7 Å². The van der Waals surface area contributed by atoms with E-state index in [2.05, 4.69) is 18.3 Å². The van der Waals surface area contributed by atoms with E-state index in [1.807, 2.05) is 42.5 Å². The molecule has 2 nitrogen and oxygen atoms in total. The van der Waals surface area contributed by atoms with Crippen LogP contribution in [0.25, 0.3) is 0 Å². The predicted molar refractivity (Wildman–Crippen MR) is 81.9 cm³/mol. The molecule has 0 heterocycles. The molecule has 1 aliphatic carbocycles. The van der Waals surface area contributed by atoms with Crippen molar-refractivity contribution in [3.63, 3.8) is 0 Å². The van der Waals surface area contributed by atoms with Gasteiger partial charge in [0.1, 0.15) is 0 Å². The molecule has 1 unspecified atom stereocenters. The highest BCUT2D eigenvalue weighted by atomic mass is 35.5. The van der Waals surface area contributed by atoms with E-state index in [4.69, 9.17) is 11.6 Å². The van der Waals surface area contributed by atoms with Gasteiger partial charge in [0.25, 0.3) is 0 Å². The molecule has 0 bridgehead atoms. The molecule has 0 amide bonds. The number of benzene rings is 2. The maximum atomic E-state index is 9.70. The maximum absolute atomic E-state index is 9.70. The van der Waals surface area contributed by atoms with Crippen LogP contribution in [0.5, 0.6) is 0 Å². The molecule has 3 heteroatoms. The van der Waals surface area contributed by atoms with Crippen molar-refractivity contribution in [2.45, 2.75) is 25.3 Å². The van der Waals surface area contributed by atoms with E-state index in [9.17, 15) is 5.26 Å². The number of hydrogen-bond acceptors (Lipinski definition) is 2. The molecule has 1 aliphatic rings. The molecule has 1 N–H and O–H groups in total. The highest BCUT2D eigenvalue weighted by Crippen LogP contribution is 2.40. The summed E-state index contributed by atoms with van der Waals surface area (Å²) >= 11 is 6.03. The van der Waals surface area contributed by atoms with Crippen LogP contribution in [0.3, 0.4) is 0 Å². The predicted octanol–water partition coefficient (Wildman–Crippen LogP) is 4.43. The lowest BCUT2D eigenvalue weighted by atomic mass is 9.93. The normalized spacial score (nSPS) is 20.2. The number of nitriles is 1. The first-order chi connectivity index (χ1) is 9.63. The third kappa shape index (κ3) is 2.15. The van der Waals surface area contributed by atoms with E-state index in [0.717, 1.165) is 29.1 Å². The third-order valence-electron chi connectivity index (χ3n) is 3.90. The fourth-order valence-electron chi connectivity index (χ4n) is 2.80. The van der Waals surface area contributed by atoms with Gasteiger partial charge in [-0.25, -0.2) is 0 Å². The van der Waals surface area contributed by atoms with Crippen LogP contribution in [0.1, 0.15) is 23.1 Å². The van der Waals surface area contributed by atoms with Crippen molar-refractivity contribution in [1.29, 1.82) is 5.26 Å². The molecule has 0 aliphatic heterocycles. The topological polar surface area (TPSA) is 35.8 Å². The Labute approximate surface area is 124 Å². The number of nitrogens with zero attached hydrogens (tertiary/aromatic N) is 1. The first-order valence-electron chi connectivity index (χ1n) is 6.68. The summed E-state index contributed by atoms with van der Waals surface area (Å²) in [5.41, 5.74) is 3.75. The van der Waals surface area contributed by atoms with Crippen molar-refractivity contribution >= 4 is 17.3 Å². The number of anilines is 1. The Kier molecular flexibility index (Phi) is 3.16. The SMILES string of the molecule is Cc1ccc(NC2(C#N)CCc3cc(Cl)ccc32)cc1. The number of fused-ring (bicyclic) bond motifs is 1. The standard InChI is InChI=1S/C17H15ClN2/c1-12-2-5-15(6-3-12)20-17(11-19)9-8-13-10-14(18)4-7-16(13)17/h2-7,10,20H,8-9H2,1H3. The summed E-state index contributed by atoms with van der Waals surface area (Å²) < 4.78 is 0. The monoisotopic (exact) mass is 282 g/mol. The molecular weight excluding hydrogens is 268 g/mol. The van der Waals surface area contributed by atoms with Crippen LogP contribution in [0, 0.1) is 18.3 Å². The summed E-state index contributed by atoms with van der Waals surface area (Å²) in [5.74, 6) is 0. The van der Waals surface area contributed by atoms with E-state index in [0.29, 0.717) is 0 Å². The molecule has 3 rings (SSSR count). The lowest BCUT2D eigenvalue weighted by molar-refractivity contribution is 0.621. The second-order valence-electron chi connectivity index (χ2n) is 5.31. The smallest absolute Gasteiger partial charge is 0.151 e. The fraction of sp³-hybridized carbons (Fsp3) is 0.235. The second-order valence-corrected chi connectivity index (χ2v) is 5.75. The Morgan fingerprint density at radius 3 is 2.65 bits per heavy atom. The lowest BCUT2D eigenvalue weighted by Crippen LogP contribution is -2.31. The molecular formula is C17H15ClN2. The van der Waals surface area contributed by atoms with Crippen LogP contribution in [0.15, 0.2) is 42.5 Å². The average Bonchev–Trinajstić information content (AvgIpc) is 2.80. The number of rotatable bonds is 2. The zero-order valence-corrected chi connectivity index (χ0v) is 12.0. The van der Waals surface area contributed by atoms with Gasteiger partial charge in [0.2, 0.25) is 0 Å². The van der Waals surface area contributed by atoms with Gasteiger partial charge in [-0.1, -0.05) is 35.4 Å². The first kappa shape index (κ1) is 13.0. The Morgan fingerprint density at radius 2 is 1.95 bits per heavy atom. The summed E-state index contributed by atoms with van der Waals surface area (Å²) in [6.07, 6.45) is 1.65. The number of hydrogen-bond donors (Lipinski definition) is 1. The Morgan fingerprint density at radius 1 is 1.20 bits per heavy atom. The molecule has 0 spiro atoms. The zero-order chi connectivity index (χ0) is 14.2. The van der Waals surface area contributed by atoms with Crippen LogP contribution in [0.2, 0.25) is 5.02 Å². The van der Waals surface area contributed by atoms with Crippen molar-refractivity contribution in [3.05, 3.63) is 64.2 Å². The lowest BCUT2D eigenvalue weighted by Gasteiger charge is -2.25. The van der Waals surface area contributed by atoms with E-state index in [1.54, 1.807) is 0 Å². The minimum absolute atomic E-state index is 0.644. The zero-order valence-electron chi connectivity index (χ0n) is 11.3. The highest BCUT2D eigenvalue weighted by Gasteiger charge is 2.39. The summed E-state index contributed by atoms with van der Waals surface area (Å²) in [6.45, 7) is 2.05. The molecule has 0 saturated carbocycles. The van der Waals surface area contributed by atoms with E-state index < -0.39 is 5.54 Å². The molecule has 2 aromatic carbocycles. The summed E-state index contributed by atoms with van der Waals surface area (Å²) in [5, 5.41) is 13.8. The van der Waals surface area contributed by atoms with Gasteiger partial charge in [0.05, 0.1) is 6.07 Å². The molecule has 0 aromatic heterocycles. The molecule has 100 valence electrons. The quantitative estimate of drug-likeness (QED) is 0.885. The van der Waals surface area contributed by atoms with Crippen LogP contribution >= 0.6 is 11.6 Å². The van der Waals surface area contributed by atoms with Crippen LogP contribution in [-0.4, -0.2) is 0 Å². The second kappa shape index (κ2) is 4.85. The molecule has 0 fully saturated rings. The Bertz CT molecular complexity index is 685. The van der Waals surface area contributed by atoms with Crippen molar-refractivity contribution in [2.75, 3.05) is 5.32 Å². The van der Waals surface area contributed by atoms with Gasteiger partial charge in [-0.2, -0.15) is 5.26 Å². The third-order valence-corrected chi connectivity index (χ3v) is 4.13. The van der Waals surface area contributed by atoms with Crippen molar-refractivity contribution in [1.82, 2.24) is 0 Å². The molecule has 0 radical (unpaired) electrons. The van der Waals surface area contributed by atoms with Crippen molar-refractivity contribution in [3.8, 4) is 6.07 Å². The maximum Gasteiger partial charge on any atom is 0.151 e. The number of halogens is 1. The van der Waals surface area contributed by atoms with E-state index >= 15 is 0 Å². The van der Waals surface area contributed by atoms with Crippen LogP contribution in [-0.2, 0) is 12.0 Å². The van der Waals surface area contributed by atoms with Gasteiger partial charge < -0.3 is 5.32 Å². The van der Waals surface area contributed by atoms with Crippen LogP contribution in [0.4, 0.5) is 5.69 Å². The molecule has 1 atom stereocenters. The van der Waals surface area contributed by atoms with E-state index in [-0.39, 0.29) is 0 Å². The minimum atomic E-state index is -0.644. The Balaban J connectivity index is 1.99. The van der Waals surface area contributed by atoms with Crippen molar-refractivity contribution in [2.24, 2.45) is 0 Å². The van der Waals surface area contributed by atoms with Gasteiger partial charge in [0.15, 0.2) is 5.54 Å². The Hall–Kier alpha value is -1.98. The summed E-state index contributed by atoms with van der Waals surface area (Å²) in [6, 6.07) is 16.4. The van der Waals surface area contributed by atoms with Gasteiger partial charge in [-0.15, -0.1) is 0 Å². The van der Waals surface area contributed by atoms with Crippen LogP contribution < -0.4 is 5.32 Å². The number of aryl methyl sites for hydroxylation is 2. The number of nitrogens with one attached hydrogen (secondary N) is 1. The fourth-order valence-corrected chi connectivity index (χ4v) is 2.99.